The summed E-state index contributed by atoms with van der Waals surface area (Å²) in [5.74, 6) is 1.48. The second-order valence-electron chi connectivity index (χ2n) is 3.65. The van der Waals surface area contributed by atoms with E-state index in [2.05, 4.69) is 15.6 Å². The summed E-state index contributed by atoms with van der Waals surface area (Å²) < 4.78 is 5.19. The average molecular weight is 282 g/mol. The molecule has 4 nitrogen and oxygen atoms in total. The summed E-state index contributed by atoms with van der Waals surface area (Å²) in [6.07, 6.45) is 1.62. The Labute approximate surface area is 115 Å². The molecule has 0 amide bonds. The van der Waals surface area contributed by atoms with E-state index in [0.29, 0.717) is 22.5 Å². The lowest BCUT2D eigenvalue weighted by molar-refractivity contribution is 0.503. The Morgan fingerprint density at radius 1 is 1.44 bits per heavy atom. The number of rotatable bonds is 3. The Kier molecular flexibility index (Phi) is 4.17. The number of nitrogens with zero attached hydrogens (tertiary/aromatic N) is 1. The van der Waals surface area contributed by atoms with Crippen molar-refractivity contribution in [1.29, 1.82) is 0 Å². The van der Waals surface area contributed by atoms with Gasteiger partial charge in [-0.2, -0.15) is 0 Å². The predicted molar refractivity (Wildman–Crippen MR) is 75.8 cm³/mol. The number of aryl methyl sites for hydroxylation is 1. The van der Waals surface area contributed by atoms with Gasteiger partial charge in [-0.05, 0) is 43.4 Å². The first-order valence-corrected chi connectivity index (χ1v) is 6.14. The molecule has 0 spiro atoms. The molecular formula is C12H12ClN3OS. The van der Waals surface area contributed by atoms with Gasteiger partial charge in [-0.1, -0.05) is 11.6 Å². The molecule has 2 aromatic rings. The van der Waals surface area contributed by atoms with E-state index < -0.39 is 0 Å². The zero-order chi connectivity index (χ0) is 13.0. The Hall–Kier alpha value is -1.59. The first-order chi connectivity index (χ1) is 8.65. The summed E-state index contributed by atoms with van der Waals surface area (Å²) in [5, 5.41) is 7.12. The van der Waals surface area contributed by atoms with E-state index in [4.69, 9.17) is 28.2 Å². The number of nitrogens with one attached hydrogen (secondary N) is 2. The second-order valence-corrected chi connectivity index (χ2v) is 4.47. The fourth-order valence-corrected chi connectivity index (χ4v) is 1.64. The largest absolute Gasteiger partial charge is 0.467 e. The minimum absolute atomic E-state index is 0.487. The number of hydrogen-bond acceptors (Lipinski definition) is 3. The van der Waals surface area contributed by atoms with Gasteiger partial charge in [0.2, 0.25) is 0 Å². The van der Waals surface area contributed by atoms with Crippen LogP contribution in [0.4, 0.5) is 5.82 Å². The van der Waals surface area contributed by atoms with Crippen LogP contribution in [-0.2, 0) is 6.54 Å². The minimum Gasteiger partial charge on any atom is -0.467 e. The lowest BCUT2D eigenvalue weighted by Gasteiger charge is -2.09. The van der Waals surface area contributed by atoms with Crippen LogP contribution < -0.4 is 10.6 Å². The normalized spacial score (nSPS) is 10.1. The smallest absolute Gasteiger partial charge is 0.172 e. The molecule has 6 heteroatoms. The van der Waals surface area contributed by atoms with Crippen molar-refractivity contribution in [3.05, 3.63) is 47.0 Å². The molecule has 0 radical (unpaired) electrons. The standard InChI is InChI=1S/C12H12ClN3OS/c1-8-10(13)4-5-11(15-8)16-12(18)14-7-9-3-2-6-17-9/h2-6H,7H2,1H3,(H2,14,15,16,18). The van der Waals surface area contributed by atoms with Crippen molar-refractivity contribution in [2.24, 2.45) is 0 Å². The van der Waals surface area contributed by atoms with Crippen LogP contribution in [0.1, 0.15) is 11.5 Å². The topological polar surface area (TPSA) is 50.1 Å². The fourth-order valence-electron chi connectivity index (χ4n) is 1.35. The number of anilines is 1. The number of furan rings is 1. The highest BCUT2D eigenvalue weighted by atomic mass is 35.5. The third kappa shape index (κ3) is 3.45. The van der Waals surface area contributed by atoms with Crippen LogP contribution in [0.5, 0.6) is 0 Å². The lowest BCUT2D eigenvalue weighted by atomic mass is 10.4. The Morgan fingerprint density at radius 2 is 2.28 bits per heavy atom. The number of pyridine rings is 1. The van der Waals surface area contributed by atoms with Gasteiger partial charge < -0.3 is 15.1 Å². The van der Waals surface area contributed by atoms with Gasteiger partial charge in [-0.25, -0.2) is 4.98 Å². The van der Waals surface area contributed by atoms with Gasteiger partial charge in [0.15, 0.2) is 5.11 Å². The first-order valence-electron chi connectivity index (χ1n) is 5.35. The summed E-state index contributed by atoms with van der Waals surface area (Å²) in [7, 11) is 0. The second kappa shape index (κ2) is 5.84. The zero-order valence-corrected chi connectivity index (χ0v) is 11.3. The third-order valence-electron chi connectivity index (χ3n) is 2.27. The molecule has 0 bridgehead atoms. The van der Waals surface area contributed by atoms with Crippen molar-refractivity contribution in [3.63, 3.8) is 0 Å². The van der Waals surface area contributed by atoms with Gasteiger partial charge in [-0.3, -0.25) is 0 Å². The summed E-state index contributed by atoms with van der Waals surface area (Å²) in [6, 6.07) is 7.26. The highest BCUT2D eigenvalue weighted by molar-refractivity contribution is 7.80. The van der Waals surface area contributed by atoms with E-state index in [1.165, 1.54) is 0 Å². The Balaban J connectivity index is 1.88. The molecule has 2 aromatic heterocycles. The van der Waals surface area contributed by atoms with Crippen LogP contribution in [0.25, 0.3) is 0 Å². The number of hydrogen-bond donors (Lipinski definition) is 2. The average Bonchev–Trinajstić information content (AvgIpc) is 2.84. The molecule has 0 aliphatic carbocycles. The number of halogens is 1. The summed E-state index contributed by atoms with van der Waals surface area (Å²) in [4.78, 5) is 4.26. The molecule has 0 atom stereocenters. The highest BCUT2D eigenvalue weighted by Gasteiger charge is 2.02. The van der Waals surface area contributed by atoms with Crippen LogP contribution in [0.15, 0.2) is 34.9 Å². The maximum atomic E-state index is 5.89. The molecular weight excluding hydrogens is 270 g/mol. The molecule has 0 unspecified atom stereocenters. The van der Waals surface area contributed by atoms with Crippen molar-refractivity contribution >= 4 is 34.7 Å². The van der Waals surface area contributed by atoms with E-state index in [1.807, 2.05) is 19.1 Å². The molecule has 18 heavy (non-hydrogen) atoms. The minimum atomic E-state index is 0.487. The quantitative estimate of drug-likeness (QED) is 0.847. The van der Waals surface area contributed by atoms with Gasteiger partial charge in [-0.15, -0.1) is 0 Å². The molecule has 0 aliphatic rings. The molecule has 2 heterocycles. The molecule has 0 saturated heterocycles. The molecule has 0 aromatic carbocycles. The van der Waals surface area contributed by atoms with Crippen molar-refractivity contribution < 1.29 is 4.42 Å². The molecule has 2 rings (SSSR count). The van der Waals surface area contributed by atoms with Gasteiger partial charge in [0, 0.05) is 0 Å². The summed E-state index contributed by atoms with van der Waals surface area (Å²) in [5.41, 5.74) is 0.760. The maximum absolute atomic E-state index is 5.89. The third-order valence-corrected chi connectivity index (χ3v) is 2.91. The molecule has 2 N–H and O–H groups in total. The molecule has 0 fully saturated rings. The van der Waals surface area contributed by atoms with Crippen molar-refractivity contribution in [3.8, 4) is 0 Å². The van der Waals surface area contributed by atoms with E-state index in [0.717, 1.165) is 11.5 Å². The fraction of sp³-hybridized carbons (Fsp3) is 0.167. The van der Waals surface area contributed by atoms with E-state index in [-0.39, 0.29) is 0 Å². The highest BCUT2D eigenvalue weighted by Crippen LogP contribution is 2.15. The monoisotopic (exact) mass is 281 g/mol. The van der Waals surface area contributed by atoms with Gasteiger partial charge >= 0.3 is 0 Å². The van der Waals surface area contributed by atoms with Crippen LogP contribution in [0.2, 0.25) is 5.02 Å². The van der Waals surface area contributed by atoms with Crippen LogP contribution in [0, 0.1) is 6.92 Å². The number of aromatic nitrogens is 1. The first kappa shape index (κ1) is 12.9. The van der Waals surface area contributed by atoms with Gasteiger partial charge in [0.1, 0.15) is 11.6 Å². The Bertz CT molecular complexity index is 542. The lowest BCUT2D eigenvalue weighted by Crippen LogP contribution is -2.28. The van der Waals surface area contributed by atoms with Crippen LogP contribution in [-0.4, -0.2) is 10.1 Å². The molecule has 0 saturated carbocycles. The van der Waals surface area contributed by atoms with Crippen molar-refractivity contribution in [2.75, 3.05) is 5.32 Å². The maximum Gasteiger partial charge on any atom is 0.172 e. The van der Waals surface area contributed by atoms with E-state index in [9.17, 15) is 0 Å². The van der Waals surface area contributed by atoms with Crippen molar-refractivity contribution in [2.45, 2.75) is 13.5 Å². The van der Waals surface area contributed by atoms with Crippen LogP contribution >= 0.6 is 23.8 Å². The predicted octanol–water partition coefficient (Wildman–Crippen LogP) is 3.12. The molecule has 0 aliphatic heterocycles. The number of thiocarbonyl (C=S) groups is 1. The van der Waals surface area contributed by atoms with Gasteiger partial charge in [0.25, 0.3) is 0 Å². The Morgan fingerprint density at radius 3 is 2.94 bits per heavy atom. The SMILES string of the molecule is Cc1nc(NC(=S)NCc2ccco2)ccc1Cl. The van der Waals surface area contributed by atoms with Crippen molar-refractivity contribution in [1.82, 2.24) is 10.3 Å². The van der Waals surface area contributed by atoms with E-state index in [1.54, 1.807) is 18.4 Å². The van der Waals surface area contributed by atoms with Crippen LogP contribution in [0.3, 0.4) is 0 Å². The zero-order valence-electron chi connectivity index (χ0n) is 9.74. The summed E-state index contributed by atoms with van der Waals surface area (Å²) in [6.45, 7) is 2.37. The summed E-state index contributed by atoms with van der Waals surface area (Å²) >= 11 is 11.0. The van der Waals surface area contributed by atoms with Gasteiger partial charge in [0.05, 0.1) is 23.5 Å². The van der Waals surface area contributed by atoms with E-state index >= 15 is 0 Å². The molecule has 94 valence electrons.